The smallest absolute Gasteiger partial charge is 0.398 e. The van der Waals surface area contributed by atoms with E-state index in [1.165, 1.54) is 0 Å². The molecule has 0 N–H and O–H groups in total. The minimum absolute atomic E-state index is 0. The molecular weight excluding hydrogens is 266 g/mol. The lowest BCUT2D eigenvalue weighted by molar-refractivity contribution is -0.455. The third-order valence-corrected chi connectivity index (χ3v) is 2.72. The lowest BCUT2D eigenvalue weighted by atomic mass is 10.2. The summed E-state index contributed by atoms with van der Waals surface area (Å²) in [4.78, 5) is 12.7. The number of rotatable bonds is 1. The highest BCUT2D eigenvalue weighted by molar-refractivity contribution is 5.85. The molecule has 0 spiro atoms. The van der Waals surface area contributed by atoms with Crippen LogP contribution in [0.1, 0.15) is 0 Å². The van der Waals surface area contributed by atoms with Crippen molar-refractivity contribution in [3.05, 3.63) is 64.7 Å². The van der Waals surface area contributed by atoms with Gasteiger partial charge in [0.15, 0.2) is 0 Å². The minimum Gasteiger partial charge on any atom is -0.772 e. The number of halogens is 1. The second-order valence-corrected chi connectivity index (χ2v) is 3.85. The van der Waals surface area contributed by atoms with Crippen LogP contribution in [0.5, 0.6) is 0 Å². The van der Waals surface area contributed by atoms with Crippen LogP contribution in [0, 0.1) is 10.1 Å². The van der Waals surface area contributed by atoms with E-state index in [2.05, 4.69) is 5.10 Å². The molecule has 3 rings (SSSR count). The SMILES string of the molecule is Cl.O=[n+]1c(-c2ccccc2)nn([O-])c2ccccc21. The summed E-state index contributed by atoms with van der Waals surface area (Å²) in [6, 6.07) is 15.5. The van der Waals surface area contributed by atoms with E-state index in [1.807, 2.05) is 6.07 Å². The second-order valence-electron chi connectivity index (χ2n) is 3.85. The highest BCUT2D eigenvalue weighted by atomic mass is 35.5. The lowest BCUT2D eigenvalue weighted by Crippen LogP contribution is -2.24. The zero-order valence-corrected chi connectivity index (χ0v) is 10.6. The molecule has 0 amide bonds. The minimum atomic E-state index is 0. The van der Waals surface area contributed by atoms with Gasteiger partial charge in [0.25, 0.3) is 0 Å². The molecule has 3 aromatic rings. The fourth-order valence-corrected chi connectivity index (χ4v) is 1.85. The van der Waals surface area contributed by atoms with Gasteiger partial charge in [0.05, 0.1) is 10.7 Å². The maximum absolute atomic E-state index is 12.2. The topological polar surface area (TPSA) is 63.8 Å². The van der Waals surface area contributed by atoms with Gasteiger partial charge in [-0.1, -0.05) is 35.2 Å². The maximum atomic E-state index is 12.2. The largest absolute Gasteiger partial charge is 0.772 e. The molecule has 0 aliphatic carbocycles. The van der Waals surface area contributed by atoms with E-state index in [-0.39, 0.29) is 23.7 Å². The van der Waals surface area contributed by atoms with Gasteiger partial charge in [-0.25, -0.2) is 0 Å². The van der Waals surface area contributed by atoms with Crippen molar-refractivity contribution in [2.24, 2.45) is 0 Å². The van der Waals surface area contributed by atoms with Crippen molar-refractivity contribution in [3.63, 3.8) is 0 Å². The van der Waals surface area contributed by atoms with E-state index in [4.69, 9.17) is 0 Å². The van der Waals surface area contributed by atoms with E-state index in [0.29, 0.717) is 20.4 Å². The number of fused-ring (bicyclic) bond motifs is 1. The molecule has 1 heterocycles. The Hall–Kier alpha value is -2.40. The molecule has 1 aromatic heterocycles. The van der Waals surface area contributed by atoms with Gasteiger partial charge in [-0.15, -0.1) is 12.4 Å². The van der Waals surface area contributed by atoms with Crippen molar-refractivity contribution in [3.8, 4) is 11.4 Å². The van der Waals surface area contributed by atoms with E-state index in [9.17, 15) is 10.1 Å². The van der Waals surface area contributed by atoms with Crippen LogP contribution in [0.2, 0.25) is 0 Å². The lowest BCUT2D eigenvalue weighted by Gasteiger charge is -2.05. The Morgan fingerprint density at radius 1 is 1.00 bits per heavy atom. The van der Waals surface area contributed by atoms with Crippen LogP contribution in [-0.2, 0) is 0 Å². The highest BCUT2D eigenvalue weighted by Gasteiger charge is 2.18. The summed E-state index contributed by atoms with van der Waals surface area (Å²) in [5, 5.41) is 15.6. The maximum Gasteiger partial charge on any atom is 0.398 e. The number of hydrogen-bond donors (Lipinski definition) is 0. The molecule has 6 heteroatoms. The van der Waals surface area contributed by atoms with Crippen molar-refractivity contribution >= 4 is 23.4 Å². The van der Waals surface area contributed by atoms with Gasteiger partial charge in [-0.05, 0) is 24.3 Å². The van der Waals surface area contributed by atoms with E-state index in [1.54, 1.807) is 48.5 Å². The molecule has 0 radical (unpaired) electrons. The van der Waals surface area contributed by atoms with Crippen molar-refractivity contribution in [2.45, 2.75) is 0 Å². The quantitative estimate of drug-likeness (QED) is 0.641. The van der Waals surface area contributed by atoms with Crippen LogP contribution < -0.4 is 4.43 Å². The number of aromatic nitrogens is 3. The Morgan fingerprint density at radius 2 is 1.63 bits per heavy atom. The summed E-state index contributed by atoms with van der Waals surface area (Å²) in [5.74, 6) is 0.101. The molecule has 0 aliphatic rings. The first-order valence-corrected chi connectivity index (χ1v) is 5.45. The predicted octanol–water partition coefficient (Wildman–Crippen LogP) is 2.39. The molecular formula is C13H10ClN3O2. The van der Waals surface area contributed by atoms with Crippen LogP contribution in [0.3, 0.4) is 0 Å². The van der Waals surface area contributed by atoms with Gasteiger partial charge in [-0.2, -0.15) is 4.85 Å². The van der Waals surface area contributed by atoms with Crippen molar-refractivity contribution in [1.29, 1.82) is 0 Å². The van der Waals surface area contributed by atoms with Gasteiger partial charge >= 0.3 is 5.82 Å². The van der Waals surface area contributed by atoms with Crippen LogP contribution >= 0.6 is 12.4 Å². The Kier molecular flexibility index (Phi) is 3.48. The highest BCUT2D eigenvalue weighted by Crippen LogP contribution is 2.14. The first kappa shape index (κ1) is 13.0. The fraction of sp³-hybridized carbons (Fsp3) is 0. The summed E-state index contributed by atoms with van der Waals surface area (Å²) in [7, 11) is 0. The Balaban J connectivity index is 0.00000133. The van der Waals surface area contributed by atoms with E-state index >= 15 is 0 Å². The van der Waals surface area contributed by atoms with Gasteiger partial charge in [0.2, 0.25) is 5.52 Å². The zero-order valence-electron chi connectivity index (χ0n) is 9.76. The Bertz CT molecular complexity index is 772. The first-order chi connectivity index (χ1) is 8.77. The molecule has 96 valence electrons. The van der Waals surface area contributed by atoms with Crippen LogP contribution in [0.25, 0.3) is 22.4 Å². The second kappa shape index (κ2) is 5.07. The molecule has 0 saturated heterocycles. The fourth-order valence-electron chi connectivity index (χ4n) is 1.85. The van der Waals surface area contributed by atoms with Crippen molar-refractivity contribution < 1.29 is 4.43 Å². The average Bonchev–Trinajstić information content (AvgIpc) is 2.44. The monoisotopic (exact) mass is 275 g/mol. The third kappa shape index (κ3) is 2.15. The molecule has 0 fully saturated rings. The van der Waals surface area contributed by atoms with Crippen LogP contribution in [0.4, 0.5) is 0 Å². The molecule has 0 bridgehead atoms. The van der Waals surface area contributed by atoms with Gasteiger partial charge in [0.1, 0.15) is 5.52 Å². The molecule has 0 unspecified atom stereocenters. The number of nitrogens with zero attached hydrogens (tertiary/aromatic N) is 3. The molecule has 2 aromatic carbocycles. The van der Waals surface area contributed by atoms with E-state index in [0.717, 1.165) is 0 Å². The predicted molar refractivity (Wildman–Crippen MR) is 74.5 cm³/mol. The Labute approximate surface area is 114 Å². The third-order valence-electron chi connectivity index (χ3n) is 2.72. The van der Waals surface area contributed by atoms with Crippen molar-refractivity contribution in [1.82, 2.24) is 9.94 Å². The van der Waals surface area contributed by atoms with E-state index < -0.39 is 0 Å². The summed E-state index contributed by atoms with van der Waals surface area (Å²) in [6.07, 6.45) is 0. The van der Waals surface area contributed by atoms with Crippen molar-refractivity contribution in [2.75, 3.05) is 0 Å². The standard InChI is InChI=1S/C13H9N3O2.ClH/c17-15-11-8-4-5-9-12(11)16(18)14-13(15)10-6-2-1-3-7-10;/h1-9H;1H. The normalized spacial score (nSPS) is 10.1. The molecule has 19 heavy (non-hydrogen) atoms. The number of para-hydroxylation sites is 2. The number of hydrogen-bond acceptors (Lipinski definition) is 3. The summed E-state index contributed by atoms with van der Waals surface area (Å²) >= 11 is 0. The van der Waals surface area contributed by atoms with Crippen LogP contribution in [-0.4, -0.2) is 9.94 Å². The Morgan fingerprint density at radius 3 is 2.37 bits per heavy atom. The molecule has 0 atom stereocenters. The summed E-state index contributed by atoms with van der Waals surface area (Å²) in [5.41, 5.74) is 1.18. The van der Waals surface area contributed by atoms with Gasteiger partial charge in [0, 0.05) is 4.43 Å². The summed E-state index contributed by atoms with van der Waals surface area (Å²) < 4.78 is 0.680. The molecule has 5 nitrogen and oxygen atoms in total. The van der Waals surface area contributed by atoms with Gasteiger partial charge in [-0.3, -0.25) is 0 Å². The molecule has 0 saturated carbocycles. The molecule has 0 aliphatic heterocycles. The number of benzene rings is 2. The van der Waals surface area contributed by atoms with Gasteiger partial charge < -0.3 is 5.21 Å². The average molecular weight is 276 g/mol. The first-order valence-electron chi connectivity index (χ1n) is 5.45. The summed E-state index contributed by atoms with van der Waals surface area (Å²) in [6.45, 7) is 0. The van der Waals surface area contributed by atoms with Crippen LogP contribution in [0.15, 0.2) is 54.6 Å². The zero-order chi connectivity index (χ0) is 12.5.